The first-order chi connectivity index (χ1) is 15.6. The fourth-order valence-corrected chi connectivity index (χ4v) is 4.20. The second kappa shape index (κ2) is 8.58. The molecule has 0 unspecified atom stereocenters. The number of hydrogen-bond donors (Lipinski definition) is 1. The molecule has 0 atom stereocenters. The zero-order chi connectivity index (χ0) is 22.1. The summed E-state index contributed by atoms with van der Waals surface area (Å²) < 4.78 is 20.4. The Hall–Kier alpha value is -3.46. The average molecular weight is 454 g/mol. The normalized spacial score (nSPS) is 14.7. The molecular weight excluding hydrogens is 433 g/mol. The van der Waals surface area contributed by atoms with Crippen molar-refractivity contribution in [2.24, 2.45) is 0 Å². The highest BCUT2D eigenvalue weighted by molar-refractivity contribution is 6.33. The van der Waals surface area contributed by atoms with Crippen LogP contribution in [0.4, 0.5) is 16.2 Å². The van der Waals surface area contributed by atoms with Crippen molar-refractivity contribution >= 4 is 29.0 Å². The summed E-state index contributed by atoms with van der Waals surface area (Å²) in [5.41, 5.74) is 2.17. The lowest BCUT2D eigenvalue weighted by Gasteiger charge is -2.32. The maximum absolute atomic E-state index is 13.5. The third-order valence-corrected chi connectivity index (χ3v) is 5.89. The first-order valence-corrected chi connectivity index (χ1v) is 10.7. The van der Waals surface area contributed by atoms with Gasteiger partial charge in [0.15, 0.2) is 5.65 Å². The number of halogens is 2. The molecule has 4 aromatic rings. The number of ether oxygens (including phenoxy) is 1. The van der Waals surface area contributed by atoms with Gasteiger partial charge in [0.1, 0.15) is 18.0 Å². The summed E-state index contributed by atoms with van der Waals surface area (Å²) in [6.45, 7) is 1.70. The quantitative estimate of drug-likeness (QED) is 0.488. The van der Waals surface area contributed by atoms with Crippen LogP contribution in [0.15, 0.2) is 48.9 Å². The maximum atomic E-state index is 13.5. The van der Waals surface area contributed by atoms with E-state index in [2.05, 4.69) is 30.3 Å². The van der Waals surface area contributed by atoms with E-state index in [1.807, 2.05) is 24.4 Å². The summed E-state index contributed by atoms with van der Waals surface area (Å²) in [4.78, 5) is 15.3. The van der Waals surface area contributed by atoms with Crippen LogP contribution in [0.3, 0.4) is 0 Å². The van der Waals surface area contributed by atoms with Crippen molar-refractivity contribution in [2.45, 2.75) is 18.9 Å². The first kappa shape index (κ1) is 20.4. The van der Waals surface area contributed by atoms with Gasteiger partial charge in [-0.2, -0.15) is 4.98 Å². The van der Waals surface area contributed by atoms with Crippen LogP contribution in [-0.2, 0) is 0 Å². The molecule has 1 fully saturated rings. The molecule has 1 N–H and O–H groups in total. The summed E-state index contributed by atoms with van der Waals surface area (Å²) >= 11 is 6.28. The van der Waals surface area contributed by atoms with Crippen molar-refractivity contribution in [1.82, 2.24) is 24.6 Å². The third kappa shape index (κ3) is 4.03. The van der Waals surface area contributed by atoms with Crippen LogP contribution < -0.4 is 15.0 Å². The molecule has 8 nitrogen and oxygen atoms in total. The number of nitrogens with zero attached hydrogens (tertiary/aromatic N) is 6. The Balaban J connectivity index is 1.31. The zero-order valence-electron chi connectivity index (χ0n) is 17.4. The number of rotatable bonds is 5. The Morgan fingerprint density at radius 2 is 1.97 bits per heavy atom. The minimum atomic E-state index is -0.374. The van der Waals surface area contributed by atoms with Gasteiger partial charge in [0.2, 0.25) is 11.8 Å². The van der Waals surface area contributed by atoms with E-state index >= 15 is 0 Å². The van der Waals surface area contributed by atoms with E-state index in [0.29, 0.717) is 28.1 Å². The topological polar surface area (TPSA) is 80.5 Å². The molecule has 1 aliphatic heterocycles. The molecule has 32 heavy (non-hydrogen) atoms. The van der Waals surface area contributed by atoms with Crippen LogP contribution >= 0.6 is 11.6 Å². The number of fused-ring (bicyclic) bond motifs is 1. The second-order valence-electron chi connectivity index (χ2n) is 7.57. The van der Waals surface area contributed by atoms with Gasteiger partial charge in [0, 0.05) is 42.5 Å². The highest BCUT2D eigenvalue weighted by Crippen LogP contribution is 2.31. The van der Waals surface area contributed by atoms with Crippen molar-refractivity contribution in [3.8, 4) is 17.0 Å². The van der Waals surface area contributed by atoms with Crippen LogP contribution in [-0.4, -0.2) is 50.8 Å². The Morgan fingerprint density at radius 1 is 1.12 bits per heavy atom. The smallest absolute Gasteiger partial charge is 0.243 e. The third-order valence-electron chi connectivity index (χ3n) is 5.57. The molecule has 1 saturated heterocycles. The lowest BCUT2D eigenvalue weighted by atomic mass is 10.1. The van der Waals surface area contributed by atoms with E-state index in [4.69, 9.17) is 16.3 Å². The number of benzene rings is 1. The summed E-state index contributed by atoms with van der Waals surface area (Å²) in [7, 11) is 1.60. The van der Waals surface area contributed by atoms with Crippen molar-refractivity contribution in [2.75, 3.05) is 30.4 Å². The molecule has 3 aromatic heterocycles. The van der Waals surface area contributed by atoms with E-state index in [0.717, 1.165) is 37.3 Å². The Labute approximate surface area is 189 Å². The standard InChI is InChI=1S/C22H21ClFN7O/c1-32-20-12-19(25-13-26-20)30-9-6-15(7-10-30)27-22-28-21-17(3-2-8-31(21)29-22)16-5-4-14(24)11-18(16)23/h2-5,8,11-13,15H,6-7,9-10H2,1H3,(H,27,29). The van der Waals surface area contributed by atoms with Crippen LogP contribution in [0.1, 0.15) is 12.8 Å². The fourth-order valence-electron chi connectivity index (χ4n) is 3.94. The van der Waals surface area contributed by atoms with Gasteiger partial charge >= 0.3 is 0 Å². The highest BCUT2D eigenvalue weighted by Gasteiger charge is 2.22. The Kier molecular flexibility index (Phi) is 5.48. The van der Waals surface area contributed by atoms with Gasteiger partial charge in [0.05, 0.1) is 12.1 Å². The van der Waals surface area contributed by atoms with Crippen molar-refractivity contribution in [3.63, 3.8) is 0 Å². The average Bonchev–Trinajstić information content (AvgIpc) is 3.22. The molecule has 164 valence electrons. The minimum Gasteiger partial charge on any atom is -0.481 e. The molecule has 10 heteroatoms. The van der Waals surface area contributed by atoms with Gasteiger partial charge in [-0.3, -0.25) is 0 Å². The summed E-state index contributed by atoms with van der Waals surface area (Å²) in [5.74, 6) is 1.60. The molecule has 0 bridgehead atoms. The predicted octanol–water partition coefficient (Wildman–Crippen LogP) is 4.07. The largest absolute Gasteiger partial charge is 0.481 e. The lowest BCUT2D eigenvalue weighted by molar-refractivity contribution is 0.396. The summed E-state index contributed by atoms with van der Waals surface area (Å²) in [6, 6.07) is 10.2. The summed E-state index contributed by atoms with van der Waals surface area (Å²) in [6.07, 6.45) is 5.18. The molecule has 0 amide bonds. The zero-order valence-corrected chi connectivity index (χ0v) is 18.1. The second-order valence-corrected chi connectivity index (χ2v) is 7.98. The van der Waals surface area contributed by atoms with Crippen LogP contribution in [0.5, 0.6) is 5.88 Å². The number of piperidine rings is 1. The number of aromatic nitrogens is 5. The molecule has 0 aliphatic carbocycles. The molecule has 0 saturated carbocycles. The molecule has 1 aromatic carbocycles. The van der Waals surface area contributed by atoms with E-state index in [9.17, 15) is 4.39 Å². The number of hydrogen-bond acceptors (Lipinski definition) is 7. The van der Waals surface area contributed by atoms with Gasteiger partial charge in [0.25, 0.3) is 0 Å². The first-order valence-electron chi connectivity index (χ1n) is 10.3. The van der Waals surface area contributed by atoms with Crippen LogP contribution in [0, 0.1) is 5.82 Å². The SMILES string of the molecule is COc1cc(N2CCC(Nc3nc4c(-c5ccc(F)cc5Cl)cccn4n3)CC2)ncn1. The molecule has 4 heterocycles. The molecular formula is C22H21ClFN7O. The van der Waals surface area contributed by atoms with Gasteiger partial charge in [-0.1, -0.05) is 11.6 Å². The van der Waals surface area contributed by atoms with Gasteiger partial charge in [-0.15, -0.1) is 5.10 Å². The number of methoxy groups -OCH3 is 1. The monoisotopic (exact) mass is 453 g/mol. The highest BCUT2D eigenvalue weighted by atomic mass is 35.5. The van der Waals surface area contributed by atoms with E-state index in [1.165, 1.54) is 18.5 Å². The van der Waals surface area contributed by atoms with E-state index < -0.39 is 0 Å². The maximum Gasteiger partial charge on any atom is 0.243 e. The van der Waals surface area contributed by atoms with E-state index in [1.54, 1.807) is 17.7 Å². The van der Waals surface area contributed by atoms with Gasteiger partial charge in [-0.25, -0.2) is 18.9 Å². The number of nitrogens with one attached hydrogen (secondary N) is 1. The molecule has 1 aliphatic rings. The van der Waals surface area contributed by atoms with Crippen LogP contribution in [0.25, 0.3) is 16.8 Å². The van der Waals surface area contributed by atoms with Gasteiger partial charge in [-0.05, 0) is 43.2 Å². The molecule has 0 spiro atoms. The number of anilines is 2. The van der Waals surface area contributed by atoms with Gasteiger partial charge < -0.3 is 15.0 Å². The van der Waals surface area contributed by atoms with Crippen molar-refractivity contribution < 1.29 is 9.13 Å². The van der Waals surface area contributed by atoms with Crippen molar-refractivity contribution in [1.29, 1.82) is 0 Å². The van der Waals surface area contributed by atoms with Crippen LogP contribution in [0.2, 0.25) is 5.02 Å². The minimum absolute atomic E-state index is 0.241. The molecule has 5 rings (SSSR count). The Bertz CT molecular complexity index is 1260. The lowest BCUT2D eigenvalue weighted by Crippen LogP contribution is -2.39. The fraction of sp³-hybridized carbons (Fsp3) is 0.273. The molecule has 0 radical (unpaired) electrons. The Morgan fingerprint density at radius 3 is 2.75 bits per heavy atom. The number of pyridine rings is 1. The predicted molar refractivity (Wildman–Crippen MR) is 121 cm³/mol. The van der Waals surface area contributed by atoms with E-state index in [-0.39, 0.29) is 11.9 Å². The summed E-state index contributed by atoms with van der Waals surface area (Å²) in [5, 5.41) is 8.35. The van der Waals surface area contributed by atoms with Crippen molar-refractivity contribution in [3.05, 3.63) is 59.8 Å².